The first-order valence-corrected chi connectivity index (χ1v) is 6.85. The molecular formula is C15H12BrN3O2. The highest BCUT2D eigenvalue weighted by Gasteiger charge is 2.12. The molecular weight excluding hydrogens is 334 g/mol. The molecule has 0 aliphatic carbocycles. The second-order valence-corrected chi connectivity index (χ2v) is 4.95. The smallest absolute Gasteiger partial charge is 0.260 e. The van der Waals surface area contributed by atoms with Crippen molar-refractivity contribution in [2.45, 2.75) is 0 Å². The lowest BCUT2D eigenvalue weighted by atomic mass is 10.2. The lowest BCUT2D eigenvalue weighted by Gasteiger charge is -2.07. The second kappa shape index (κ2) is 6.88. The summed E-state index contributed by atoms with van der Waals surface area (Å²) >= 11 is 3.25. The second-order valence-electron chi connectivity index (χ2n) is 4.03. The van der Waals surface area contributed by atoms with Gasteiger partial charge < -0.3 is 16.2 Å². The summed E-state index contributed by atoms with van der Waals surface area (Å²) in [5.74, 6) is 5.27. The van der Waals surface area contributed by atoms with Crippen LogP contribution in [0.15, 0.2) is 40.9 Å². The average molecular weight is 346 g/mol. The third-order valence-electron chi connectivity index (χ3n) is 2.51. The van der Waals surface area contributed by atoms with Crippen molar-refractivity contribution >= 4 is 27.7 Å². The predicted octanol–water partition coefficient (Wildman–Crippen LogP) is 2.11. The Hall–Kier alpha value is -2.36. The number of amides is 1. The number of nitrogens with two attached hydrogens (primary N) is 1. The van der Waals surface area contributed by atoms with E-state index in [2.05, 4.69) is 38.1 Å². The topological polar surface area (TPSA) is 88.2 Å². The highest BCUT2D eigenvalue weighted by atomic mass is 79.9. The molecule has 0 fully saturated rings. The monoisotopic (exact) mass is 345 g/mol. The van der Waals surface area contributed by atoms with Crippen molar-refractivity contribution in [3.63, 3.8) is 0 Å². The maximum Gasteiger partial charge on any atom is 0.260 e. The molecule has 0 atom stereocenters. The van der Waals surface area contributed by atoms with E-state index < -0.39 is 5.91 Å². The summed E-state index contributed by atoms with van der Waals surface area (Å²) in [7, 11) is 0. The molecule has 0 saturated carbocycles. The molecule has 0 aliphatic heterocycles. The number of anilines is 1. The zero-order chi connectivity index (χ0) is 15.2. The van der Waals surface area contributed by atoms with Crippen molar-refractivity contribution in [2.24, 2.45) is 5.73 Å². The number of halogens is 1. The standard InChI is InChI=1S/C15H12BrN3O2/c16-10-6-7-13(20)12(9-10)15(21)19-14-5-1-3-11(18-14)4-2-8-17/h1,3,5-7,9,20H,8,17H2,(H,18,19,21). The number of phenols is 1. The van der Waals surface area contributed by atoms with Gasteiger partial charge in [0.15, 0.2) is 0 Å². The van der Waals surface area contributed by atoms with E-state index in [9.17, 15) is 9.90 Å². The summed E-state index contributed by atoms with van der Waals surface area (Å²) in [6.07, 6.45) is 0. The summed E-state index contributed by atoms with van der Waals surface area (Å²) in [5, 5.41) is 12.3. The van der Waals surface area contributed by atoms with E-state index >= 15 is 0 Å². The van der Waals surface area contributed by atoms with Gasteiger partial charge in [-0.2, -0.15) is 0 Å². The zero-order valence-corrected chi connectivity index (χ0v) is 12.5. The van der Waals surface area contributed by atoms with Crippen LogP contribution in [0.4, 0.5) is 5.82 Å². The van der Waals surface area contributed by atoms with Gasteiger partial charge in [-0.25, -0.2) is 4.98 Å². The summed E-state index contributed by atoms with van der Waals surface area (Å²) in [6.45, 7) is 0.240. The first kappa shape index (κ1) is 15.0. The SMILES string of the molecule is NCC#Cc1cccc(NC(=O)c2cc(Br)ccc2O)n1. The lowest BCUT2D eigenvalue weighted by molar-refractivity contribution is 0.102. The fourth-order valence-corrected chi connectivity index (χ4v) is 1.95. The minimum atomic E-state index is -0.453. The molecule has 1 aromatic heterocycles. The number of carbonyl (C=O) groups excluding carboxylic acids is 1. The molecule has 0 bridgehead atoms. The van der Waals surface area contributed by atoms with Gasteiger partial charge in [0.1, 0.15) is 17.3 Å². The van der Waals surface area contributed by atoms with Crippen LogP contribution in [0.3, 0.4) is 0 Å². The highest BCUT2D eigenvalue weighted by molar-refractivity contribution is 9.10. The number of hydrogen-bond acceptors (Lipinski definition) is 4. The van der Waals surface area contributed by atoms with Crippen LogP contribution in [0.25, 0.3) is 0 Å². The first-order chi connectivity index (χ1) is 10.1. The van der Waals surface area contributed by atoms with Gasteiger partial charge in [-0.05, 0) is 36.3 Å². The molecule has 0 radical (unpaired) electrons. The minimum Gasteiger partial charge on any atom is -0.507 e. The minimum absolute atomic E-state index is 0.102. The van der Waals surface area contributed by atoms with Gasteiger partial charge in [0.05, 0.1) is 12.1 Å². The Labute approximate surface area is 130 Å². The van der Waals surface area contributed by atoms with Crippen LogP contribution in [0.2, 0.25) is 0 Å². The van der Waals surface area contributed by atoms with Crippen molar-refractivity contribution in [3.05, 3.63) is 52.1 Å². The Balaban J connectivity index is 2.21. The van der Waals surface area contributed by atoms with Crippen molar-refractivity contribution in [1.82, 2.24) is 4.98 Å². The van der Waals surface area contributed by atoms with Crippen LogP contribution in [0, 0.1) is 11.8 Å². The number of benzene rings is 1. The molecule has 1 aromatic carbocycles. The summed E-state index contributed by atoms with van der Waals surface area (Å²) in [6, 6.07) is 9.70. The molecule has 6 heteroatoms. The van der Waals surface area contributed by atoms with Crippen LogP contribution in [-0.2, 0) is 0 Å². The van der Waals surface area contributed by atoms with E-state index in [0.29, 0.717) is 16.0 Å². The molecule has 2 aromatic rings. The average Bonchev–Trinajstić information content (AvgIpc) is 2.48. The largest absolute Gasteiger partial charge is 0.507 e. The fraction of sp³-hybridized carbons (Fsp3) is 0.0667. The van der Waals surface area contributed by atoms with Gasteiger partial charge in [0.2, 0.25) is 0 Å². The van der Waals surface area contributed by atoms with Crippen LogP contribution < -0.4 is 11.1 Å². The first-order valence-electron chi connectivity index (χ1n) is 6.06. The number of pyridine rings is 1. The van der Waals surface area contributed by atoms with Crippen molar-refractivity contribution in [2.75, 3.05) is 11.9 Å². The number of nitrogens with zero attached hydrogens (tertiary/aromatic N) is 1. The molecule has 0 unspecified atom stereocenters. The van der Waals surface area contributed by atoms with Crippen molar-refractivity contribution < 1.29 is 9.90 Å². The molecule has 0 spiro atoms. The number of aromatic hydroxyl groups is 1. The Morgan fingerprint density at radius 2 is 2.19 bits per heavy atom. The van der Waals surface area contributed by atoms with E-state index in [1.807, 2.05) is 0 Å². The Bertz CT molecular complexity index is 735. The maximum absolute atomic E-state index is 12.1. The Kier molecular flexibility index (Phi) is 4.93. The predicted molar refractivity (Wildman–Crippen MR) is 83.9 cm³/mol. The molecule has 1 heterocycles. The number of carbonyl (C=O) groups is 1. The normalized spacial score (nSPS) is 9.62. The van der Waals surface area contributed by atoms with Gasteiger partial charge in [0, 0.05) is 4.47 Å². The molecule has 4 N–H and O–H groups in total. The van der Waals surface area contributed by atoms with Gasteiger partial charge in [-0.15, -0.1) is 0 Å². The lowest BCUT2D eigenvalue weighted by Crippen LogP contribution is -2.13. The third-order valence-corrected chi connectivity index (χ3v) is 3.01. The maximum atomic E-state index is 12.1. The van der Waals surface area contributed by atoms with Crippen LogP contribution >= 0.6 is 15.9 Å². The molecule has 1 amide bonds. The summed E-state index contributed by atoms with van der Waals surface area (Å²) < 4.78 is 0.695. The number of nitrogens with one attached hydrogen (secondary N) is 1. The van der Waals surface area contributed by atoms with E-state index in [1.165, 1.54) is 12.1 Å². The number of aromatic nitrogens is 1. The van der Waals surface area contributed by atoms with Crippen LogP contribution in [0.5, 0.6) is 5.75 Å². The molecule has 5 nitrogen and oxygen atoms in total. The van der Waals surface area contributed by atoms with Crippen molar-refractivity contribution in [3.8, 4) is 17.6 Å². The van der Waals surface area contributed by atoms with E-state index in [4.69, 9.17) is 5.73 Å². The molecule has 0 saturated heterocycles. The zero-order valence-electron chi connectivity index (χ0n) is 10.9. The fourth-order valence-electron chi connectivity index (χ4n) is 1.59. The molecule has 106 valence electrons. The molecule has 0 aliphatic rings. The molecule has 21 heavy (non-hydrogen) atoms. The number of hydrogen-bond donors (Lipinski definition) is 3. The van der Waals surface area contributed by atoms with E-state index in [-0.39, 0.29) is 17.9 Å². The Morgan fingerprint density at radius 3 is 2.95 bits per heavy atom. The van der Waals surface area contributed by atoms with E-state index in [1.54, 1.807) is 24.3 Å². The van der Waals surface area contributed by atoms with E-state index in [0.717, 1.165) is 0 Å². The van der Waals surface area contributed by atoms with Crippen molar-refractivity contribution in [1.29, 1.82) is 0 Å². The van der Waals surface area contributed by atoms with Gasteiger partial charge >= 0.3 is 0 Å². The van der Waals surface area contributed by atoms with Gasteiger partial charge in [-0.3, -0.25) is 4.79 Å². The van der Waals surface area contributed by atoms with Crippen LogP contribution in [0.1, 0.15) is 16.1 Å². The van der Waals surface area contributed by atoms with Gasteiger partial charge in [-0.1, -0.05) is 27.9 Å². The summed E-state index contributed by atoms with van der Waals surface area (Å²) in [4.78, 5) is 16.3. The Morgan fingerprint density at radius 1 is 1.38 bits per heavy atom. The highest BCUT2D eigenvalue weighted by Crippen LogP contribution is 2.22. The van der Waals surface area contributed by atoms with Crippen LogP contribution in [-0.4, -0.2) is 22.5 Å². The van der Waals surface area contributed by atoms with Gasteiger partial charge in [0.25, 0.3) is 5.91 Å². The summed E-state index contributed by atoms with van der Waals surface area (Å²) in [5.41, 5.74) is 5.97. The number of rotatable bonds is 2. The molecule has 2 rings (SSSR count). The quantitative estimate of drug-likeness (QED) is 0.727. The third kappa shape index (κ3) is 4.05. The number of phenolic OH excluding ortho intramolecular Hbond substituents is 1.